The number of aromatic amines is 1. The molecule has 2 aromatic carbocycles. The second-order valence-electron chi connectivity index (χ2n) is 7.09. The fourth-order valence-corrected chi connectivity index (χ4v) is 3.60. The third kappa shape index (κ3) is 4.44. The maximum atomic E-state index is 13.0. The Morgan fingerprint density at radius 3 is 2.52 bits per heavy atom. The molecule has 1 fully saturated rings. The zero-order valence-corrected chi connectivity index (χ0v) is 17.0. The second kappa shape index (κ2) is 8.68. The number of carbonyl (C=O) groups is 1. The zero-order chi connectivity index (χ0) is 20.2. The number of morpholine rings is 1. The highest BCUT2D eigenvalue weighted by molar-refractivity contribution is 6.30. The number of ether oxygens (including phenoxy) is 1. The fraction of sp³-hybridized carbons (Fsp3) is 0.273. The second-order valence-corrected chi connectivity index (χ2v) is 7.53. The van der Waals surface area contributed by atoms with Crippen LogP contribution < -0.4 is 4.90 Å². The van der Waals surface area contributed by atoms with Crippen LogP contribution in [0.15, 0.2) is 54.7 Å². The van der Waals surface area contributed by atoms with Crippen LogP contribution in [0.4, 0.5) is 5.69 Å². The third-order valence-electron chi connectivity index (χ3n) is 5.08. The maximum Gasteiger partial charge on any atom is 0.257 e. The van der Waals surface area contributed by atoms with E-state index < -0.39 is 0 Å². The minimum absolute atomic E-state index is 0.0824. The highest BCUT2D eigenvalue weighted by atomic mass is 35.5. The zero-order valence-electron chi connectivity index (χ0n) is 16.3. The summed E-state index contributed by atoms with van der Waals surface area (Å²) >= 11 is 5.97. The summed E-state index contributed by atoms with van der Waals surface area (Å²) in [5.41, 5.74) is 4.37. The molecule has 1 aromatic heterocycles. The van der Waals surface area contributed by atoms with Gasteiger partial charge in [-0.05, 0) is 29.8 Å². The molecule has 1 N–H and O–H groups in total. The Kier molecular flexibility index (Phi) is 5.83. The molecule has 0 spiro atoms. The van der Waals surface area contributed by atoms with Crippen LogP contribution in [0.5, 0.6) is 0 Å². The summed E-state index contributed by atoms with van der Waals surface area (Å²) in [6.07, 6.45) is 1.57. The molecule has 0 aliphatic carbocycles. The van der Waals surface area contributed by atoms with Gasteiger partial charge < -0.3 is 14.5 Å². The van der Waals surface area contributed by atoms with E-state index in [0.717, 1.165) is 37.4 Å². The number of nitrogens with zero attached hydrogens (tertiary/aromatic N) is 3. The SMILES string of the molecule is CN(Cc1ccc(N2CCOCC2)cc1)C(=O)c1cn[nH]c1-c1ccc(Cl)cc1. The summed E-state index contributed by atoms with van der Waals surface area (Å²) in [6, 6.07) is 15.7. The molecule has 4 rings (SSSR count). The van der Waals surface area contributed by atoms with E-state index in [4.69, 9.17) is 16.3 Å². The Hall–Kier alpha value is -2.83. The molecule has 3 aromatic rings. The van der Waals surface area contributed by atoms with Gasteiger partial charge in [0.05, 0.1) is 30.7 Å². The predicted molar refractivity (Wildman–Crippen MR) is 114 cm³/mol. The number of nitrogens with one attached hydrogen (secondary N) is 1. The van der Waals surface area contributed by atoms with Gasteiger partial charge in [0.15, 0.2) is 0 Å². The quantitative estimate of drug-likeness (QED) is 0.694. The van der Waals surface area contributed by atoms with Crippen molar-refractivity contribution in [1.29, 1.82) is 0 Å². The van der Waals surface area contributed by atoms with E-state index in [2.05, 4.69) is 39.4 Å². The van der Waals surface area contributed by atoms with E-state index in [9.17, 15) is 4.79 Å². The Labute approximate surface area is 175 Å². The summed E-state index contributed by atoms with van der Waals surface area (Å²) < 4.78 is 5.41. The van der Waals surface area contributed by atoms with E-state index in [-0.39, 0.29) is 5.91 Å². The van der Waals surface area contributed by atoms with Crippen LogP contribution in [-0.4, -0.2) is 54.4 Å². The molecule has 1 amide bonds. The van der Waals surface area contributed by atoms with E-state index in [1.807, 2.05) is 12.1 Å². The average molecular weight is 411 g/mol. The average Bonchev–Trinajstić information content (AvgIpc) is 3.24. The first-order chi connectivity index (χ1) is 14.1. The van der Waals surface area contributed by atoms with Crippen LogP contribution in [0.3, 0.4) is 0 Å². The summed E-state index contributed by atoms with van der Waals surface area (Å²) in [5, 5.41) is 7.65. The van der Waals surface area contributed by atoms with Crippen molar-refractivity contribution in [3.8, 4) is 11.3 Å². The normalized spacial score (nSPS) is 14.1. The van der Waals surface area contributed by atoms with Gasteiger partial charge in [-0.25, -0.2) is 0 Å². The number of halogens is 1. The fourth-order valence-electron chi connectivity index (χ4n) is 3.47. The molecule has 1 saturated heterocycles. The lowest BCUT2D eigenvalue weighted by Crippen LogP contribution is -2.36. The molecule has 1 aliphatic heterocycles. The molecule has 150 valence electrons. The monoisotopic (exact) mass is 410 g/mol. The van der Waals surface area contributed by atoms with Crippen LogP contribution in [0.1, 0.15) is 15.9 Å². The van der Waals surface area contributed by atoms with Gasteiger partial charge in [-0.15, -0.1) is 0 Å². The van der Waals surface area contributed by atoms with Crippen molar-refractivity contribution in [2.45, 2.75) is 6.54 Å². The van der Waals surface area contributed by atoms with Gasteiger partial charge in [0.2, 0.25) is 0 Å². The summed E-state index contributed by atoms with van der Waals surface area (Å²) in [5.74, 6) is -0.0824. The van der Waals surface area contributed by atoms with Gasteiger partial charge in [0, 0.05) is 43.0 Å². The summed E-state index contributed by atoms with van der Waals surface area (Å²) in [7, 11) is 1.80. The van der Waals surface area contributed by atoms with Crippen molar-refractivity contribution in [3.05, 3.63) is 70.9 Å². The minimum Gasteiger partial charge on any atom is -0.378 e. The van der Waals surface area contributed by atoms with Crippen molar-refractivity contribution in [3.63, 3.8) is 0 Å². The molecule has 0 unspecified atom stereocenters. The Morgan fingerprint density at radius 2 is 1.83 bits per heavy atom. The molecule has 0 bridgehead atoms. The van der Waals surface area contributed by atoms with Crippen LogP contribution in [-0.2, 0) is 11.3 Å². The highest BCUT2D eigenvalue weighted by Gasteiger charge is 2.19. The van der Waals surface area contributed by atoms with E-state index >= 15 is 0 Å². The standard InChI is InChI=1S/C22H23ClN4O2/c1-26(15-16-2-8-19(9-3-16)27-10-12-29-13-11-27)22(28)20-14-24-25-21(20)17-4-6-18(23)7-5-17/h2-9,14H,10-13,15H2,1H3,(H,24,25). The van der Waals surface area contributed by atoms with Gasteiger partial charge in [0.1, 0.15) is 0 Å². The topological polar surface area (TPSA) is 61.5 Å². The lowest BCUT2D eigenvalue weighted by molar-refractivity contribution is 0.0786. The van der Waals surface area contributed by atoms with Gasteiger partial charge in [0.25, 0.3) is 5.91 Å². The Balaban J connectivity index is 1.45. The Bertz CT molecular complexity index is 963. The molecule has 0 atom stereocenters. The number of rotatable bonds is 5. The number of anilines is 1. The van der Waals surface area contributed by atoms with Gasteiger partial charge in [-0.2, -0.15) is 5.10 Å². The summed E-state index contributed by atoms with van der Waals surface area (Å²) in [4.78, 5) is 17.0. The van der Waals surface area contributed by atoms with Gasteiger partial charge >= 0.3 is 0 Å². The van der Waals surface area contributed by atoms with Crippen LogP contribution in [0.2, 0.25) is 5.02 Å². The largest absolute Gasteiger partial charge is 0.378 e. The number of hydrogen-bond acceptors (Lipinski definition) is 4. The molecule has 2 heterocycles. The van der Waals surface area contributed by atoms with Crippen molar-refractivity contribution in [2.75, 3.05) is 38.3 Å². The highest BCUT2D eigenvalue weighted by Crippen LogP contribution is 2.24. The molecular weight excluding hydrogens is 388 g/mol. The molecule has 29 heavy (non-hydrogen) atoms. The molecule has 7 heteroatoms. The Morgan fingerprint density at radius 1 is 1.14 bits per heavy atom. The number of carbonyl (C=O) groups excluding carboxylic acids is 1. The van der Waals surface area contributed by atoms with Crippen LogP contribution in [0.25, 0.3) is 11.3 Å². The smallest absolute Gasteiger partial charge is 0.257 e. The lowest BCUT2D eigenvalue weighted by Gasteiger charge is -2.29. The van der Waals surface area contributed by atoms with E-state index in [1.165, 1.54) is 5.69 Å². The summed E-state index contributed by atoms with van der Waals surface area (Å²) in [6.45, 7) is 3.87. The van der Waals surface area contributed by atoms with Gasteiger partial charge in [-0.3, -0.25) is 9.89 Å². The first-order valence-electron chi connectivity index (χ1n) is 9.58. The maximum absolute atomic E-state index is 13.0. The minimum atomic E-state index is -0.0824. The number of hydrogen-bond donors (Lipinski definition) is 1. The van der Waals surface area contributed by atoms with Gasteiger partial charge in [-0.1, -0.05) is 35.9 Å². The van der Waals surface area contributed by atoms with Crippen molar-refractivity contribution in [2.24, 2.45) is 0 Å². The van der Waals surface area contributed by atoms with Crippen molar-refractivity contribution >= 4 is 23.2 Å². The molecular formula is C22H23ClN4O2. The third-order valence-corrected chi connectivity index (χ3v) is 5.33. The number of H-pyrrole nitrogens is 1. The molecule has 1 aliphatic rings. The number of aromatic nitrogens is 2. The lowest BCUT2D eigenvalue weighted by atomic mass is 10.1. The number of amides is 1. The predicted octanol–water partition coefficient (Wildman–Crippen LogP) is 3.84. The number of benzene rings is 2. The molecule has 0 saturated carbocycles. The van der Waals surface area contributed by atoms with E-state index in [1.54, 1.807) is 30.3 Å². The van der Waals surface area contributed by atoms with E-state index in [0.29, 0.717) is 22.8 Å². The first kappa shape index (κ1) is 19.5. The first-order valence-corrected chi connectivity index (χ1v) is 9.96. The molecule has 0 radical (unpaired) electrons. The van der Waals surface area contributed by atoms with Crippen molar-refractivity contribution < 1.29 is 9.53 Å². The van der Waals surface area contributed by atoms with Crippen LogP contribution in [0, 0.1) is 0 Å². The van der Waals surface area contributed by atoms with Crippen molar-refractivity contribution in [1.82, 2.24) is 15.1 Å². The molecule has 6 nitrogen and oxygen atoms in total. The van der Waals surface area contributed by atoms with Crippen LogP contribution >= 0.6 is 11.6 Å².